The highest BCUT2D eigenvalue weighted by molar-refractivity contribution is 5.92. The first-order valence-corrected chi connectivity index (χ1v) is 7.21. The van der Waals surface area contributed by atoms with Crippen LogP contribution in [0.4, 0.5) is 13.2 Å². The monoisotopic (exact) mass is 342 g/mol. The van der Waals surface area contributed by atoms with Gasteiger partial charge in [-0.25, -0.2) is 0 Å². The lowest BCUT2D eigenvalue weighted by molar-refractivity contribution is -0.137. The second-order valence-electron chi connectivity index (χ2n) is 5.35. The van der Waals surface area contributed by atoms with E-state index in [0.29, 0.717) is 11.3 Å². The fraction of sp³-hybridized carbons (Fsp3) is 0.375. The molecule has 1 heterocycles. The molecular weight excluding hydrogens is 325 g/mol. The number of methoxy groups -OCH3 is 1. The van der Waals surface area contributed by atoms with Crippen LogP contribution in [0.25, 0.3) is 0 Å². The van der Waals surface area contributed by atoms with Gasteiger partial charge in [0, 0.05) is 19.7 Å². The van der Waals surface area contributed by atoms with E-state index in [1.165, 1.54) is 19.2 Å². The number of aromatic nitrogens is 1. The first kappa shape index (κ1) is 18.0. The van der Waals surface area contributed by atoms with Crippen LogP contribution in [-0.2, 0) is 17.5 Å². The molecule has 0 aliphatic heterocycles. The van der Waals surface area contributed by atoms with E-state index < -0.39 is 17.6 Å². The Balaban J connectivity index is 1.97. The maximum atomic E-state index is 12.7. The summed E-state index contributed by atoms with van der Waals surface area (Å²) in [4.78, 5) is 12.0. The molecule has 24 heavy (non-hydrogen) atoms. The summed E-state index contributed by atoms with van der Waals surface area (Å²) >= 11 is 0. The molecule has 0 saturated carbocycles. The Hall–Kier alpha value is -2.35. The van der Waals surface area contributed by atoms with Crippen LogP contribution in [0.15, 0.2) is 34.9 Å². The van der Waals surface area contributed by atoms with Crippen LogP contribution in [0.5, 0.6) is 0 Å². The minimum absolute atomic E-state index is 0.0956. The Morgan fingerprint density at radius 1 is 1.38 bits per heavy atom. The number of nitrogens with one attached hydrogen (secondary N) is 1. The molecule has 1 amide bonds. The summed E-state index contributed by atoms with van der Waals surface area (Å²) in [6.07, 6.45) is -4.39. The minimum Gasteiger partial charge on any atom is -0.377 e. The van der Waals surface area contributed by atoms with E-state index in [1.54, 1.807) is 13.0 Å². The highest BCUT2D eigenvalue weighted by Gasteiger charge is 2.30. The van der Waals surface area contributed by atoms with Gasteiger partial charge in [0.25, 0.3) is 5.91 Å². The topological polar surface area (TPSA) is 64.4 Å². The lowest BCUT2D eigenvalue weighted by Crippen LogP contribution is -2.27. The maximum absolute atomic E-state index is 12.7. The van der Waals surface area contributed by atoms with Crippen LogP contribution >= 0.6 is 0 Å². The Morgan fingerprint density at radius 2 is 2.12 bits per heavy atom. The summed E-state index contributed by atoms with van der Waals surface area (Å²) in [5, 5.41) is 6.24. The van der Waals surface area contributed by atoms with Crippen molar-refractivity contribution in [2.45, 2.75) is 25.6 Å². The van der Waals surface area contributed by atoms with Gasteiger partial charge in [0.15, 0.2) is 11.5 Å². The van der Waals surface area contributed by atoms with E-state index in [1.807, 2.05) is 0 Å². The van der Waals surface area contributed by atoms with Gasteiger partial charge in [-0.1, -0.05) is 30.3 Å². The fourth-order valence-electron chi connectivity index (χ4n) is 2.11. The summed E-state index contributed by atoms with van der Waals surface area (Å²) in [5.74, 6) is -0.338. The van der Waals surface area contributed by atoms with Crippen molar-refractivity contribution in [1.29, 1.82) is 0 Å². The quantitative estimate of drug-likeness (QED) is 0.874. The second kappa shape index (κ2) is 7.48. The van der Waals surface area contributed by atoms with Gasteiger partial charge in [-0.3, -0.25) is 4.79 Å². The molecule has 0 unspecified atom stereocenters. The van der Waals surface area contributed by atoms with Gasteiger partial charge in [-0.05, 0) is 17.5 Å². The van der Waals surface area contributed by atoms with Crippen LogP contribution in [0, 0.1) is 0 Å². The molecule has 0 fully saturated rings. The number of rotatable bonds is 6. The second-order valence-corrected chi connectivity index (χ2v) is 5.35. The summed E-state index contributed by atoms with van der Waals surface area (Å²) < 4.78 is 48.0. The van der Waals surface area contributed by atoms with Crippen molar-refractivity contribution in [3.05, 3.63) is 52.9 Å². The summed E-state index contributed by atoms with van der Waals surface area (Å²) in [5.41, 5.74) is -0.123. The predicted octanol–water partition coefficient (Wildman–Crippen LogP) is 3.37. The molecule has 0 bridgehead atoms. The number of benzene rings is 1. The third kappa shape index (κ3) is 4.58. The van der Waals surface area contributed by atoms with Gasteiger partial charge in [0.2, 0.25) is 0 Å². The van der Waals surface area contributed by atoms with Gasteiger partial charge in [-0.15, -0.1) is 0 Å². The highest BCUT2D eigenvalue weighted by Crippen LogP contribution is 2.30. The van der Waals surface area contributed by atoms with E-state index >= 15 is 0 Å². The number of halogens is 3. The van der Waals surface area contributed by atoms with Gasteiger partial charge >= 0.3 is 6.18 Å². The van der Waals surface area contributed by atoms with Gasteiger partial charge < -0.3 is 14.6 Å². The average molecular weight is 342 g/mol. The van der Waals surface area contributed by atoms with Crippen molar-refractivity contribution in [2.24, 2.45) is 0 Å². The number of alkyl halides is 3. The molecule has 2 aromatic rings. The molecule has 1 aromatic heterocycles. The fourth-order valence-corrected chi connectivity index (χ4v) is 2.11. The van der Waals surface area contributed by atoms with Crippen molar-refractivity contribution in [3.63, 3.8) is 0 Å². The third-order valence-corrected chi connectivity index (χ3v) is 3.43. The molecule has 130 valence electrons. The number of hydrogen-bond donors (Lipinski definition) is 1. The first-order chi connectivity index (χ1) is 11.3. The molecule has 2 rings (SSSR count). The molecule has 0 saturated heterocycles. The SMILES string of the molecule is COCc1cc(C(=O)NC[C@H](C)c2cccc(C(F)(F)F)c2)no1. The Kier molecular flexibility index (Phi) is 5.61. The largest absolute Gasteiger partial charge is 0.416 e. The van der Waals surface area contributed by atoms with Crippen molar-refractivity contribution in [2.75, 3.05) is 13.7 Å². The average Bonchev–Trinajstić information content (AvgIpc) is 3.00. The van der Waals surface area contributed by atoms with E-state index in [9.17, 15) is 18.0 Å². The lowest BCUT2D eigenvalue weighted by atomic mass is 9.99. The number of nitrogens with zero attached hydrogens (tertiary/aromatic N) is 1. The molecular formula is C16H17F3N2O3. The Morgan fingerprint density at radius 3 is 2.79 bits per heavy atom. The van der Waals surface area contributed by atoms with Crippen LogP contribution < -0.4 is 5.32 Å². The molecule has 0 aliphatic carbocycles. The van der Waals surface area contributed by atoms with Crippen molar-refractivity contribution in [3.8, 4) is 0 Å². The van der Waals surface area contributed by atoms with Crippen molar-refractivity contribution >= 4 is 5.91 Å². The van der Waals surface area contributed by atoms with Crippen molar-refractivity contribution < 1.29 is 27.2 Å². The molecule has 1 N–H and O–H groups in total. The van der Waals surface area contributed by atoms with E-state index in [4.69, 9.17) is 9.26 Å². The predicted molar refractivity (Wildman–Crippen MR) is 79.4 cm³/mol. The van der Waals surface area contributed by atoms with E-state index in [-0.39, 0.29) is 24.8 Å². The summed E-state index contributed by atoms with van der Waals surface area (Å²) in [6.45, 7) is 2.10. The Labute approximate surface area is 136 Å². The number of hydrogen-bond acceptors (Lipinski definition) is 4. The normalized spacial score (nSPS) is 12.9. The summed E-state index contributed by atoms with van der Waals surface area (Å²) in [7, 11) is 1.49. The standard InChI is InChI=1S/C16H17F3N2O3/c1-10(11-4-3-5-12(6-11)16(17,18)19)8-20-15(22)14-7-13(9-23-2)24-21-14/h3-7,10H,8-9H2,1-2H3,(H,20,22)/t10-/m0/s1. The van der Waals surface area contributed by atoms with Gasteiger partial charge in [-0.2, -0.15) is 13.2 Å². The molecule has 8 heteroatoms. The smallest absolute Gasteiger partial charge is 0.377 e. The minimum atomic E-state index is -4.39. The van der Waals surface area contributed by atoms with Gasteiger partial charge in [0.05, 0.1) is 5.56 Å². The van der Waals surface area contributed by atoms with E-state index in [0.717, 1.165) is 12.1 Å². The lowest BCUT2D eigenvalue weighted by Gasteiger charge is -2.14. The maximum Gasteiger partial charge on any atom is 0.416 e. The zero-order valence-corrected chi connectivity index (χ0v) is 13.2. The molecule has 1 aromatic carbocycles. The zero-order chi connectivity index (χ0) is 17.7. The Bertz CT molecular complexity index is 698. The van der Waals surface area contributed by atoms with Crippen molar-refractivity contribution in [1.82, 2.24) is 10.5 Å². The third-order valence-electron chi connectivity index (χ3n) is 3.43. The molecule has 1 atom stereocenters. The van der Waals surface area contributed by atoms with Gasteiger partial charge in [0.1, 0.15) is 6.61 Å². The van der Waals surface area contributed by atoms with E-state index in [2.05, 4.69) is 10.5 Å². The molecule has 5 nitrogen and oxygen atoms in total. The number of carbonyl (C=O) groups is 1. The zero-order valence-electron chi connectivity index (χ0n) is 13.2. The molecule has 0 spiro atoms. The highest BCUT2D eigenvalue weighted by atomic mass is 19.4. The van der Waals surface area contributed by atoms with Crippen LogP contribution in [0.2, 0.25) is 0 Å². The first-order valence-electron chi connectivity index (χ1n) is 7.21. The number of amides is 1. The van der Waals surface area contributed by atoms with Crippen LogP contribution in [-0.4, -0.2) is 24.7 Å². The molecule has 0 aliphatic rings. The van der Waals surface area contributed by atoms with Crippen LogP contribution in [0.3, 0.4) is 0 Å². The molecule has 0 radical (unpaired) electrons. The van der Waals surface area contributed by atoms with Crippen LogP contribution in [0.1, 0.15) is 40.2 Å². The number of carbonyl (C=O) groups excluding carboxylic acids is 1. The summed E-state index contributed by atoms with van der Waals surface area (Å²) in [6, 6.07) is 6.50. The number of ether oxygens (including phenoxy) is 1.